The average Bonchev–Trinajstić information content (AvgIpc) is 2.92. The Morgan fingerprint density at radius 2 is 2.27 bits per heavy atom. The first kappa shape index (κ1) is 15.5. The van der Waals surface area contributed by atoms with E-state index in [4.69, 9.17) is 13.9 Å². The van der Waals surface area contributed by atoms with E-state index in [9.17, 15) is 0 Å². The first-order valence-corrected chi connectivity index (χ1v) is 8.12. The molecule has 0 aromatic carbocycles. The number of aromatic nitrogens is 1. The van der Waals surface area contributed by atoms with Crippen LogP contribution in [0.2, 0.25) is 0 Å². The number of aryl methyl sites for hydroxylation is 1. The van der Waals surface area contributed by atoms with Crippen LogP contribution in [0.3, 0.4) is 0 Å². The number of morpholine rings is 1. The second-order valence-corrected chi connectivity index (χ2v) is 6.16. The van der Waals surface area contributed by atoms with Crippen LogP contribution in [0.15, 0.2) is 39.5 Å². The van der Waals surface area contributed by atoms with E-state index in [0.717, 1.165) is 41.5 Å². The molecule has 0 N–H and O–H groups in total. The zero-order valence-electron chi connectivity index (χ0n) is 12.5. The maximum atomic E-state index is 5.77. The molecular formula is C16H19BrN2O3. The Labute approximate surface area is 138 Å². The Morgan fingerprint density at radius 3 is 3.00 bits per heavy atom. The van der Waals surface area contributed by atoms with Gasteiger partial charge in [-0.05, 0) is 47.1 Å². The number of hydrogen-bond acceptors (Lipinski definition) is 5. The molecule has 0 amide bonds. The van der Waals surface area contributed by atoms with Crippen LogP contribution in [-0.2, 0) is 11.3 Å². The molecule has 0 radical (unpaired) electrons. The van der Waals surface area contributed by atoms with Gasteiger partial charge in [0, 0.05) is 18.8 Å². The summed E-state index contributed by atoms with van der Waals surface area (Å²) < 4.78 is 17.9. The zero-order chi connectivity index (χ0) is 15.4. The van der Waals surface area contributed by atoms with Crippen LogP contribution < -0.4 is 4.74 Å². The molecule has 3 heterocycles. The highest BCUT2D eigenvalue weighted by Gasteiger charge is 2.22. The fourth-order valence-corrected chi connectivity index (χ4v) is 2.75. The van der Waals surface area contributed by atoms with Gasteiger partial charge in [0.2, 0.25) is 0 Å². The van der Waals surface area contributed by atoms with Gasteiger partial charge < -0.3 is 13.9 Å². The third-order valence-corrected chi connectivity index (χ3v) is 3.98. The largest absolute Gasteiger partial charge is 0.489 e. The summed E-state index contributed by atoms with van der Waals surface area (Å²) in [7, 11) is 0. The lowest BCUT2D eigenvalue weighted by Crippen LogP contribution is -2.44. The van der Waals surface area contributed by atoms with E-state index in [2.05, 4.69) is 25.8 Å². The minimum absolute atomic E-state index is 0.0634. The molecule has 1 saturated heterocycles. The topological polar surface area (TPSA) is 47.7 Å². The van der Waals surface area contributed by atoms with Crippen LogP contribution in [0.5, 0.6) is 5.75 Å². The van der Waals surface area contributed by atoms with Crippen molar-refractivity contribution in [3.63, 3.8) is 0 Å². The van der Waals surface area contributed by atoms with Crippen molar-refractivity contribution in [3.8, 4) is 5.75 Å². The minimum atomic E-state index is 0.0634. The SMILES string of the molecule is Cc1ccc(OCC2CN(Cc3ccc(Br)o3)CCO2)cn1. The van der Waals surface area contributed by atoms with Crippen LogP contribution in [0.1, 0.15) is 11.5 Å². The van der Waals surface area contributed by atoms with E-state index in [0.29, 0.717) is 13.2 Å². The van der Waals surface area contributed by atoms with Gasteiger partial charge in [-0.3, -0.25) is 9.88 Å². The van der Waals surface area contributed by atoms with Crippen molar-refractivity contribution in [2.24, 2.45) is 0 Å². The molecule has 22 heavy (non-hydrogen) atoms. The number of furan rings is 1. The molecule has 5 nitrogen and oxygen atoms in total. The van der Waals surface area contributed by atoms with Crippen LogP contribution in [-0.4, -0.2) is 42.3 Å². The van der Waals surface area contributed by atoms with Crippen molar-refractivity contribution in [2.45, 2.75) is 19.6 Å². The smallest absolute Gasteiger partial charge is 0.169 e. The average molecular weight is 367 g/mol. The highest BCUT2D eigenvalue weighted by atomic mass is 79.9. The molecule has 1 aliphatic heterocycles. The Morgan fingerprint density at radius 1 is 1.36 bits per heavy atom. The van der Waals surface area contributed by atoms with Crippen LogP contribution in [0, 0.1) is 6.92 Å². The van der Waals surface area contributed by atoms with Gasteiger partial charge >= 0.3 is 0 Å². The first-order chi connectivity index (χ1) is 10.7. The van der Waals surface area contributed by atoms with Crippen molar-refractivity contribution in [2.75, 3.05) is 26.3 Å². The quantitative estimate of drug-likeness (QED) is 0.813. The maximum Gasteiger partial charge on any atom is 0.169 e. The summed E-state index contributed by atoms with van der Waals surface area (Å²) in [4.78, 5) is 6.54. The van der Waals surface area contributed by atoms with Gasteiger partial charge in [-0.25, -0.2) is 0 Å². The van der Waals surface area contributed by atoms with Crippen LogP contribution >= 0.6 is 15.9 Å². The molecule has 1 atom stereocenters. The maximum absolute atomic E-state index is 5.77. The second-order valence-electron chi connectivity index (χ2n) is 5.38. The monoisotopic (exact) mass is 366 g/mol. The van der Waals surface area contributed by atoms with E-state index in [-0.39, 0.29) is 6.10 Å². The summed E-state index contributed by atoms with van der Waals surface area (Å²) in [6.45, 7) is 5.72. The van der Waals surface area contributed by atoms with Crippen molar-refractivity contribution < 1.29 is 13.9 Å². The number of hydrogen-bond donors (Lipinski definition) is 0. The van der Waals surface area contributed by atoms with Gasteiger partial charge in [-0.15, -0.1) is 0 Å². The lowest BCUT2D eigenvalue weighted by molar-refractivity contribution is -0.0519. The molecule has 0 spiro atoms. The third-order valence-electron chi connectivity index (χ3n) is 3.55. The zero-order valence-corrected chi connectivity index (χ0v) is 14.1. The predicted molar refractivity (Wildman–Crippen MR) is 85.9 cm³/mol. The number of nitrogens with zero attached hydrogens (tertiary/aromatic N) is 2. The fraction of sp³-hybridized carbons (Fsp3) is 0.438. The van der Waals surface area contributed by atoms with Gasteiger partial charge in [0.05, 0.1) is 19.3 Å². The summed E-state index contributed by atoms with van der Waals surface area (Å²) in [5.41, 5.74) is 0.983. The summed E-state index contributed by atoms with van der Waals surface area (Å²) in [5, 5.41) is 0. The summed E-state index contributed by atoms with van der Waals surface area (Å²) >= 11 is 3.33. The van der Waals surface area contributed by atoms with Gasteiger partial charge in [0.1, 0.15) is 24.2 Å². The molecular weight excluding hydrogens is 348 g/mol. The van der Waals surface area contributed by atoms with Gasteiger partial charge in [-0.2, -0.15) is 0 Å². The fourth-order valence-electron chi connectivity index (χ4n) is 2.41. The Hall–Kier alpha value is -1.37. The molecule has 0 saturated carbocycles. The highest BCUT2D eigenvalue weighted by Crippen LogP contribution is 2.17. The van der Waals surface area contributed by atoms with E-state index >= 15 is 0 Å². The molecule has 0 bridgehead atoms. The molecule has 2 aromatic rings. The van der Waals surface area contributed by atoms with Crippen LogP contribution in [0.4, 0.5) is 0 Å². The summed E-state index contributed by atoms with van der Waals surface area (Å²) in [5.74, 6) is 1.73. The number of halogens is 1. The molecule has 1 fully saturated rings. The Balaban J connectivity index is 1.49. The summed E-state index contributed by atoms with van der Waals surface area (Å²) in [6, 6.07) is 7.78. The molecule has 0 aliphatic carbocycles. The van der Waals surface area contributed by atoms with Gasteiger partial charge in [0.25, 0.3) is 0 Å². The second kappa shape index (κ2) is 7.26. The normalized spacial score (nSPS) is 19.3. The highest BCUT2D eigenvalue weighted by molar-refractivity contribution is 9.10. The summed E-state index contributed by atoms with van der Waals surface area (Å²) in [6.07, 6.45) is 1.81. The van der Waals surface area contributed by atoms with E-state index in [1.807, 2.05) is 31.2 Å². The van der Waals surface area contributed by atoms with Gasteiger partial charge in [0.15, 0.2) is 4.67 Å². The van der Waals surface area contributed by atoms with Gasteiger partial charge in [-0.1, -0.05) is 0 Å². The Kier molecular flexibility index (Phi) is 5.12. The third kappa shape index (κ3) is 4.32. The molecule has 2 aromatic heterocycles. The number of pyridine rings is 1. The number of rotatable bonds is 5. The molecule has 1 aliphatic rings. The van der Waals surface area contributed by atoms with Crippen molar-refractivity contribution in [1.82, 2.24) is 9.88 Å². The lowest BCUT2D eigenvalue weighted by Gasteiger charge is -2.32. The Bertz CT molecular complexity index is 600. The van der Waals surface area contributed by atoms with E-state index < -0.39 is 0 Å². The predicted octanol–water partition coefficient (Wildman–Crippen LogP) is 3.03. The first-order valence-electron chi connectivity index (χ1n) is 7.32. The van der Waals surface area contributed by atoms with Crippen LogP contribution in [0.25, 0.3) is 0 Å². The molecule has 3 rings (SSSR count). The van der Waals surface area contributed by atoms with Crippen molar-refractivity contribution >= 4 is 15.9 Å². The standard InChI is InChI=1S/C16H19BrN2O3/c1-12-2-3-13(8-18-12)21-11-15-10-19(6-7-20-15)9-14-4-5-16(17)22-14/h2-5,8,15H,6-7,9-11H2,1H3. The van der Waals surface area contributed by atoms with E-state index in [1.54, 1.807) is 6.20 Å². The molecule has 118 valence electrons. The minimum Gasteiger partial charge on any atom is -0.489 e. The lowest BCUT2D eigenvalue weighted by atomic mass is 10.2. The molecule has 6 heteroatoms. The number of ether oxygens (including phenoxy) is 2. The van der Waals surface area contributed by atoms with E-state index in [1.165, 1.54) is 0 Å². The van der Waals surface area contributed by atoms with Crippen molar-refractivity contribution in [3.05, 3.63) is 46.6 Å². The van der Waals surface area contributed by atoms with Crippen molar-refractivity contribution in [1.29, 1.82) is 0 Å². The molecule has 1 unspecified atom stereocenters.